The molecule has 2 heterocycles. The van der Waals surface area contributed by atoms with Gasteiger partial charge in [-0.15, -0.1) is 0 Å². The van der Waals surface area contributed by atoms with E-state index in [1.807, 2.05) is 33.7 Å². The lowest BCUT2D eigenvalue weighted by molar-refractivity contribution is -0.384. The molecule has 0 radical (unpaired) electrons. The van der Waals surface area contributed by atoms with Crippen LogP contribution in [0.15, 0.2) is 54.9 Å². The zero-order valence-electron chi connectivity index (χ0n) is 13.4. The maximum Gasteiger partial charge on any atom is 0.269 e. The van der Waals surface area contributed by atoms with Crippen molar-refractivity contribution < 1.29 is 9.72 Å². The number of hydrogen-bond acceptors (Lipinski definition) is 4. The predicted octanol–water partition coefficient (Wildman–Crippen LogP) is 3.05. The summed E-state index contributed by atoms with van der Waals surface area (Å²) in [7, 11) is 0. The SMILES string of the molecule is O=C(c1ccc([N+](=O)[O-])cc1)N(Cc1cnc2ccccn12)C1CC1. The molecule has 7 heteroatoms. The van der Waals surface area contributed by atoms with Crippen molar-refractivity contribution in [1.82, 2.24) is 14.3 Å². The van der Waals surface area contributed by atoms with E-state index in [1.165, 1.54) is 24.3 Å². The molecule has 0 spiro atoms. The Morgan fingerprint density at radius 3 is 2.68 bits per heavy atom. The van der Waals surface area contributed by atoms with E-state index in [9.17, 15) is 14.9 Å². The van der Waals surface area contributed by atoms with Crippen LogP contribution in [-0.2, 0) is 6.54 Å². The number of nitro groups is 1. The number of benzene rings is 1. The Labute approximate surface area is 143 Å². The second-order valence-corrected chi connectivity index (χ2v) is 6.15. The maximum absolute atomic E-state index is 12.9. The highest BCUT2D eigenvalue weighted by Crippen LogP contribution is 2.30. The minimum atomic E-state index is -0.467. The monoisotopic (exact) mass is 336 g/mol. The molecule has 25 heavy (non-hydrogen) atoms. The lowest BCUT2D eigenvalue weighted by Crippen LogP contribution is -2.33. The number of nitro benzene ring substituents is 1. The molecule has 126 valence electrons. The molecule has 2 aromatic heterocycles. The van der Waals surface area contributed by atoms with E-state index in [-0.39, 0.29) is 17.6 Å². The molecule has 0 atom stereocenters. The molecule has 1 aliphatic carbocycles. The molecule has 0 saturated heterocycles. The summed E-state index contributed by atoms with van der Waals surface area (Å²) in [5.74, 6) is -0.108. The van der Waals surface area contributed by atoms with Crippen LogP contribution in [0.4, 0.5) is 5.69 Å². The molecule has 3 aromatic rings. The first-order valence-electron chi connectivity index (χ1n) is 8.10. The molecular formula is C18H16N4O3. The van der Waals surface area contributed by atoms with E-state index < -0.39 is 4.92 Å². The summed E-state index contributed by atoms with van der Waals surface area (Å²) in [6.07, 6.45) is 5.68. The third-order valence-electron chi connectivity index (χ3n) is 4.40. The van der Waals surface area contributed by atoms with Gasteiger partial charge < -0.3 is 9.30 Å². The maximum atomic E-state index is 12.9. The summed E-state index contributed by atoms with van der Waals surface area (Å²) in [6, 6.07) is 11.8. The van der Waals surface area contributed by atoms with Crippen LogP contribution in [0.1, 0.15) is 28.9 Å². The summed E-state index contributed by atoms with van der Waals surface area (Å²) in [6.45, 7) is 0.464. The summed E-state index contributed by atoms with van der Waals surface area (Å²) in [5, 5.41) is 10.8. The number of non-ortho nitro benzene ring substituents is 1. The van der Waals surface area contributed by atoms with Crippen LogP contribution in [0.3, 0.4) is 0 Å². The van der Waals surface area contributed by atoms with Gasteiger partial charge in [0, 0.05) is 29.9 Å². The van der Waals surface area contributed by atoms with Crippen LogP contribution in [0.2, 0.25) is 0 Å². The van der Waals surface area contributed by atoms with E-state index in [0.717, 1.165) is 24.2 Å². The minimum Gasteiger partial charge on any atom is -0.330 e. The molecule has 1 fully saturated rings. The number of imidazole rings is 1. The van der Waals surface area contributed by atoms with Gasteiger partial charge in [0.1, 0.15) is 5.65 Å². The van der Waals surface area contributed by atoms with Gasteiger partial charge in [-0.25, -0.2) is 4.98 Å². The third kappa shape index (κ3) is 2.96. The number of fused-ring (bicyclic) bond motifs is 1. The van der Waals surface area contributed by atoms with Gasteiger partial charge in [0.05, 0.1) is 23.4 Å². The van der Waals surface area contributed by atoms with Crippen LogP contribution in [0, 0.1) is 10.1 Å². The highest BCUT2D eigenvalue weighted by Gasteiger charge is 2.33. The summed E-state index contributed by atoms with van der Waals surface area (Å²) in [5.41, 5.74) is 2.23. The Morgan fingerprint density at radius 2 is 2.00 bits per heavy atom. The van der Waals surface area contributed by atoms with Crippen molar-refractivity contribution in [3.8, 4) is 0 Å². The zero-order chi connectivity index (χ0) is 17.4. The summed E-state index contributed by atoms with van der Waals surface area (Å²) < 4.78 is 1.97. The second kappa shape index (κ2) is 6.01. The van der Waals surface area contributed by atoms with Gasteiger partial charge in [-0.1, -0.05) is 6.07 Å². The minimum absolute atomic E-state index is 0.0173. The van der Waals surface area contributed by atoms with Crippen molar-refractivity contribution in [2.24, 2.45) is 0 Å². The van der Waals surface area contributed by atoms with Crippen molar-refractivity contribution in [3.05, 3.63) is 76.2 Å². The number of hydrogen-bond donors (Lipinski definition) is 0. The fraction of sp³-hybridized carbons (Fsp3) is 0.222. The predicted molar refractivity (Wildman–Crippen MR) is 91.2 cm³/mol. The van der Waals surface area contributed by atoms with Gasteiger partial charge in [-0.05, 0) is 37.1 Å². The van der Waals surface area contributed by atoms with Gasteiger partial charge in [0.25, 0.3) is 11.6 Å². The lowest BCUT2D eigenvalue weighted by atomic mass is 10.1. The first kappa shape index (κ1) is 15.3. The third-order valence-corrected chi connectivity index (χ3v) is 4.40. The largest absolute Gasteiger partial charge is 0.330 e. The van der Waals surface area contributed by atoms with Crippen LogP contribution in [0.5, 0.6) is 0 Å². The van der Waals surface area contributed by atoms with Crippen molar-refractivity contribution in [1.29, 1.82) is 0 Å². The zero-order valence-corrected chi connectivity index (χ0v) is 13.4. The first-order chi connectivity index (χ1) is 12.1. The standard InChI is InChI=1S/C18H16N4O3/c23-18(13-4-6-15(7-5-13)22(24)25)21(14-8-9-14)12-16-11-19-17-3-1-2-10-20(16)17/h1-7,10-11,14H,8-9,12H2. The molecule has 1 aliphatic rings. The van der Waals surface area contributed by atoms with Crippen molar-refractivity contribution in [2.75, 3.05) is 0 Å². The number of rotatable bonds is 5. The highest BCUT2D eigenvalue weighted by molar-refractivity contribution is 5.94. The molecule has 0 bridgehead atoms. The average molecular weight is 336 g/mol. The number of aromatic nitrogens is 2. The Hall–Kier alpha value is -3.22. The molecule has 4 rings (SSSR count). The topological polar surface area (TPSA) is 80.8 Å². The van der Waals surface area contributed by atoms with Crippen LogP contribution in [-0.4, -0.2) is 31.2 Å². The number of nitrogens with zero attached hydrogens (tertiary/aromatic N) is 4. The Kier molecular flexibility index (Phi) is 3.68. The van der Waals surface area contributed by atoms with Gasteiger partial charge in [-0.3, -0.25) is 14.9 Å². The molecule has 7 nitrogen and oxygen atoms in total. The number of amides is 1. The molecular weight excluding hydrogens is 320 g/mol. The number of pyridine rings is 1. The summed E-state index contributed by atoms with van der Waals surface area (Å²) >= 11 is 0. The van der Waals surface area contributed by atoms with Crippen molar-refractivity contribution in [3.63, 3.8) is 0 Å². The number of carbonyl (C=O) groups excluding carboxylic acids is 1. The fourth-order valence-corrected chi connectivity index (χ4v) is 2.92. The summed E-state index contributed by atoms with van der Waals surface area (Å²) in [4.78, 5) is 29.4. The van der Waals surface area contributed by atoms with Crippen LogP contribution in [0.25, 0.3) is 5.65 Å². The van der Waals surface area contributed by atoms with E-state index in [1.54, 1.807) is 6.20 Å². The fourth-order valence-electron chi connectivity index (χ4n) is 2.92. The van der Waals surface area contributed by atoms with Crippen LogP contribution >= 0.6 is 0 Å². The van der Waals surface area contributed by atoms with E-state index in [2.05, 4.69) is 4.98 Å². The molecule has 0 aliphatic heterocycles. The van der Waals surface area contributed by atoms with Gasteiger partial charge in [0.15, 0.2) is 0 Å². The van der Waals surface area contributed by atoms with Gasteiger partial charge >= 0.3 is 0 Å². The normalized spacial score (nSPS) is 13.8. The quantitative estimate of drug-likeness (QED) is 0.530. The average Bonchev–Trinajstić information content (AvgIpc) is 3.40. The Bertz CT molecular complexity index is 944. The van der Waals surface area contributed by atoms with E-state index in [0.29, 0.717) is 12.1 Å². The molecule has 1 aromatic carbocycles. The van der Waals surface area contributed by atoms with Crippen molar-refractivity contribution in [2.45, 2.75) is 25.4 Å². The first-order valence-corrected chi connectivity index (χ1v) is 8.10. The second-order valence-electron chi connectivity index (χ2n) is 6.15. The molecule has 1 saturated carbocycles. The molecule has 0 N–H and O–H groups in total. The van der Waals surface area contributed by atoms with E-state index >= 15 is 0 Å². The molecule has 1 amide bonds. The Balaban J connectivity index is 1.60. The number of carbonyl (C=O) groups is 1. The van der Waals surface area contributed by atoms with Crippen molar-refractivity contribution >= 4 is 17.2 Å². The van der Waals surface area contributed by atoms with Crippen LogP contribution < -0.4 is 0 Å². The van der Waals surface area contributed by atoms with Gasteiger partial charge in [0.2, 0.25) is 0 Å². The molecule has 0 unspecified atom stereocenters. The lowest BCUT2D eigenvalue weighted by Gasteiger charge is -2.22. The van der Waals surface area contributed by atoms with E-state index in [4.69, 9.17) is 0 Å². The smallest absolute Gasteiger partial charge is 0.269 e. The Morgan fingerprint density at radius 1 is 1.24 bits per heavy atom. The highest BCUT2D eigenvalue weighted by atomic mass is 16.6. The van der Waals surface area contributed by atoms with Gasteiger partial charge in [-0.2, -0.15) is 0 Å².